The van der Waals surface area contributed by atoms with Crippen LogP contribution in [0.1, 0.15) is 17.3 Å². The molecule has 1 aliphatic rings. The first kappa shape index (κ1) is 18.6. The number of methoxy groups -OCH3 is 1. The lowest BCUT2D eigenvalue weighted by atomic mass is 10.1. The summed E-state index contributed by atoms with van der Waals surface area (Å²) in [6.07, 6.45) is -0.270. The molecule has 1 aliphatic heterocycles. The lowest BCUT2D eigenvalue weighted by molar-refractivity contribution is -0.123. The van der Waals surface area contributed by atoms with Crippen molar-refractivity contribution in [3.8, 4) is 23.0 Å². The summed E-state index contributed by atoms with van der Waals surface area (Å²) in [4.78, 5) is 23.5. The third-order valence-corrected chi connectivity index (χ3v) is 4.02. The molecule has 1 heterocycles. The third-order valence-electron chi connectivity index (χ3n) is 4.02. The van der Waals surface area contributed by atoms with Crippen LogP contribution in [0.4, 0.5) is 0 Å². The number of hydrogen-bond acceptors (Lipinski definition) is 6. The van der Waals surface area contributed by atoms with Crippen LogP contribution in [0.2, 0.25) is 0 Å². The molecule has 27 heavy (non-hydrogen) atoms. The van der Waals surface area contributed by atoms with Gasteiger partial charge in [0.2, 0.25) is 0 Å². The highest BCUT2D eigenvalue weighted by Crippen LogP contribution is 2.30. The minimum atomic E-state index is -0.296. The summed E-state index contributed by atoms with van der Waals surface area (Å²) >= 11 is 0. The van der Waals surface area contributed by atoms with E-state index in [2.05, 4.69) is 5.32 Å². The van der Waals surface area contributed by atoms with Crippen molar-refractivity contribution < 1.29 is 28.5 Å². The number of carbonyl (C=O) groups is 2. The first-order valence-electron chi connectivity index (χ1n) is 8.54. The van der Waals surface area contributed by atoms with Gasteiger partial charge in [0.25, 0.3) is 5.91 Å². The van der Waals surface area contributed by atoms with Gasteiger partial charge in [0.15, 0.2) is 35.4 Å². The SMILES string of the molecule is COc1cc(C(C)=O)ccc1OCC(=O)NCC1COc2ccccc2O1. The van der Waals surface area contributed by atoms with Crippen molar-refractivity contribution in [2.24, 2.45) is 0 Å². The first-order chi connectivity index (χ1) is 13.1. The molecule has 1 N–H and O–H groups in total. The van der Waals surface area contributed by atoms with Gasteiger partial charge < -0.3 is 24.3 Å². The number of nitrogens with one attached hydrogen (secondary N) is 1. The number of ketones is 1. The molecule has 2 aromatic rings. The quantitative estimate of drug-likeness (QED) is 0.752. The van der Waals surface area contributed by atoms with E-state index in [9.17, 15) is 9.59 Å². The molecule has 7 heteroatoms. The van der Waals surface area contributed by atoms with Crippen LogP contribution >= 0.6 is 0 Å². The maximum absolute atomic E-state index is 12.1. The average Bonchev–Trinajstić information content (AvgIpc) is 2.70. The molecule has 0 saturated carbocycles. The fourth-order valence-corrected chi connectivity index (χ4v) is 2.59. The van der Waals surface area contributed by atoms with Gasteiger partial charge in [-0.2, -0.15) is 0 Å². The summed E-state index contributed by atoms with van der Waals surface area (Å²) in [5.74, 6) is 1.78. The molecule has 3 rings (SSSR count). The standard InChI is InChI=1S/C20H21NO6/c1-13(22)14-7-8-17(19(9-14)24-2)26-12-20(23)21-10-15-11-25-16-5-3-4-6-18(16)27-15/h3-9,15H,10-12H2,1-2H3,(H,21,23). The Hall–Kier alpha value is -3.22. The van der Waals surface area contributed by atoms with Gasteiger partial charge in [-0.25, -0.2) is 0 Å². The zero-order valence-corrected chi connectivity index (χ0v) is 15.2. The maximum atomic E-state index is 12.1. The van der Waals surface area contributed by atoms with Crippen molar-refractivity contribution in [2.45, 2.75) is 13.0 Å². The van der Waals surface area contributed by atoms with Crippen molar-refractivity contribution in [3.05, 3.63) is 48.0 Å². The van der Waals surface area contributed by atoms with Gasteiger partial charge in [-0.1, -0.05) is 12.1 Å². The first-order valence-corrected chi connectivity index (χ1v) is 8.54. The summed E-state index contributed by atoms with van der Waals surface area (Å²) in [5, 5.41) is 2.76. The van der Waals surface area contributed by atoms with E-state index >= 15 is 0 Å². The number of para-hydroxylation sites is 2. The van der Waals surface area contributed by atoms with Crippen LogP contribution in [0.25, 0.3) is 0 Å². The van der Waals surface area contributed by atoms with Crippen molar-refractivity contribution >= 4 is 11.7 Å². The molecule has 0 aliphatic carbocycles. The number of fused-ring (bicyclic) bond motifs is 1. The molecule has 142 valence electrons. The van der Waals surface area contributed by atoms with Crippen LogP contribution < -0.4 is 24.3 Å². The lowest BCUT2D eigenvalue weighted by Gasteiger charge is -2.26. The van der Waals surface area contributed by atoms with Gasteiger partial charge in [-0.05, 0) is 37.3 Å². The highest BCUT2D eigenvalue weighted by molar-refractivity contribution is 5.94. The van der Waals surface area contributed by atoms with Crippen molar-refractivity contribution in [1.82, 2.24) is 5.32 Å². The Kier molecular flexibility index (Phi) is 5.80. The predicted octanol–water partition coefficient (Wildman–Crippen LogP) is 2.23. The highest BCUT2D eigenvalue weighted by Gasteiger charge is 2.21. The molecule has 0 saturated heterocycles. The minimum Gasteiger partial charge on any atom is -0.493 e. The second-order valence-electron chi connectivity index (χ2n) is 6.01. The average molecular weight is 371 g/mol. The monoisotopic (exact) mass is 371 g/mol. The smallest absolute Gasteiger partial charge is 0.258 e. The molecule has 1 atom stereocenters. The Balaban J connectivity index is 1.48. The summed E-state index contributed by atoms with van der Waals surface area (Å²) in [6.45, 7) is 1.95. The van der Waals surface area contributed by atoms with Gasteiger partial charge in [-0.15, -0.1) is 0 Å². The summed E-state index contributed by atoms with van der Waals surface area (Å²) < 4.78 is 22.1. The summed E-state index contributed by atoms with van der Waals surface area (Å²) in [5.41, 5.74) is 0.512. The second kappa shape index (κ2) is 8.44. The molecule has 0 fully saturated rings. The van der Waals surface area contributed by atoms with E-state index in [-0.39, 0.29) is 24.4 Å². The number of benzene rings is 2. The Bertz CT molecular complexity index is 835. The molecule has 0 aromatic heterocycles. The van der Waals surface area contributed by atoms with E-state index in [0.29, 0.717) is 41.7 Å². The Morgan fingerprint density at radius 3 is 2.67 bits per heavy atom. The predicted molar refractivity (Wildman–Crippen MR) is 97.9 cm³/mol. The van der Waals surface area contributed by atoms with Crippen LogP contribution in [0.15, 0.2) is 42.5 Å². The van der Waals surface area contributed by atoms with Crippen molar-refractivity contribution in [3.63, 3.8) is 0 Å². The molecule has 0 spiro atoms. The van der Waals surface area contributed by atoms with E-state index < -0.39 is 0 Å². The fraction of sp³-hybridized carbons (Fsp3) is 0.300. The lowest BCUT2D eigenvalue weighted by Crippen LogP contribution is -2.42. The van der Waals surface area contributed by atoms with Crippen LogP contribution in [0, 0.1) is 0 Å². The fourth-order valence-electron chi connectivity index (χ4n) is 2.59. The van der Waals surface area contributed by atoms with E-state index in [1.807, 2.05) is 24.3 Å². The number of amides is 1. The van der Waals surface area contributed by atoms with Crippen LogP contribution in [0.5, 0.6) is 23.0 Å². The van der Waals surface area contributed by atoms with E-state index in [1.165, 1.54) is 14.0 Å². The molecule has 2 aromatic carbocycles. The Labute approximate surface area is 157 Å². The number of carbonyl (C=O) groups excluding carboxylic acids is 2. The molecule has 0 bridgehead atoms. The number of hydrogen-bond donors (Lipinski definition) is 1. The van der Waals surface area contributed by atoms with Gasteiger partial charge in [0, 0.05) is 5.56 Å². The number of rotatable bonds is 7. The molecule has 0 radical (unpaired) electrons. The zero-order chi connectivity index (χ0) is 19.2. The molecule has 1 unspecified atom stereocenters. The Morgan fingerprint density at radius 1 is 1.15 bits per heavy atom. The van der Waals surface area contributed by atoms with Gasteiger partial charge in [0.05, 0.1) is 13.7 Å². The van der Waals surface area contributed by atoms with Crippen molar-refractivity contribution in [2.75, 3.05) is 26.9 Å². The molecular weight excluding hydrogens is 350 g/mol. The van der Waals surface area contributed by atoms with Gasteiger partial charge in [-0.3, -0.25) is 9.59 Å². The Morgan fingerprint density at radius 2 is 1.93 bits per heavy atom. The van der Waals surface area contributed by atoms with Crippen LogP contribution in [0.3, 0.4) is 0 Å². The summed E-state index contributed by atoms with van der Waals surface area (Å²) in [7, 11) is 1.48. The second-order valence-corrected chi connectivity index (χ2v) is 6.01. The van der Waals surface area contributed by atoms with E-state index in [4.69, 9.17) is 18.9 Å². The molecule has 1 amide bonds. The van der Waals surface area contributed by atoms with Gasteiger partial charge in [0.1, 0.15) is 12.7 Å². The molecular formula is C20H21NO6. The zero-order valence-electron chi connectivity index (χ0n) is 15.2. The largest absolute Gasteiger partial charge is 0.493 e. The maximum Gasteiger partial charge on any atom is 0.258 e. The highest BCUT2D eigenvalue weighted by atomic mass is 16.6. The number of Topliss-reactive ketones (excluding diaryl/α,β-unsaturated/α-hetero) is 1. The van der Waals surface area contributed by atoms with E-state index in [1.54, 1.807) is 18.2 Å². The minimum absolute atomic E-state index is 0.0751. The van der Waals surface area contributed by atoms with Gasteiger partial charge >= 0.3 is 0 Å². The number of ether oxygens (including phenoxy) is 4. The van der Waals surface area contributed by atoms with E-state index in [0.717, 1.165) is 0 Å². The normalized spacial score (nSPS) is 15.0. The van der Waals surface area contributed by atoms with Crippen molar-refractivity contribution in [1.29, 1.82) is 0 Å². The summed E-state index contributed by atoms with van der Waals surface area (Å²) in [6, 6.07) is 12.2. The van der Waals surface area contributed by atoms with Crippen LogP contribution in [-0.2, 0) is 4.79 Å². The topological polar surface area (TPSA) is 83.1 Å². The van der Waals surface area contributed by atoms with Crippen LogP contribution in [-0.4, -0.2) is 44.7 Å². The molecule has 7 nitrogen and oxygen atoms in total. The third kappa shape index (κ3) is 4.69.